The highest BCUT2D eigenvalue weighted by atomic mass is 16.7. The van der Waals surface area contributed by atoms with Crippen molar-refractivity contribution in [1.82, 2.24) is 0 Å². The van der Waals surface area contributed by atoms with Crippen molar-refractivity contribution in [1.29, 1.82) is 0 Å². The zero-order valence-corrected chi connectivity index (χ0v) is 13.7. The Morgan fingerprint density at radius 2 is 1.92 bits per heavy atom. The van der Waals surface area contributed by atoms with Crippen LogP contribution < -0.4 is 25.3 Å². The lowest BCUT2D eigenvalue weighted by atomic mass is 10.1. The van der Waals surface area contributed by atoms with Crippen LogP contribution in [0.1, 0.15) is 20.9 Å². The van der Waals surface area contributed by atoms with E-state index in [1.54, 1.807) is 36.4 Å². The monoisotopic (exact) mass is 354 g/mol. The number of primary amides is 1. The summed E-state index contributed by atoms with van der Waals surface area (Å²) < 4.78 is 21.1. The number of carbonyl (C=O) groups is 2. The third-order valence-electron chi connectivity index (χ3n) is 3.99. The predicted molar refractivity (Wildman–Crippen MR) is 91.8 cm³/mol. The number of nitrogens with two attached hydrogens (primary N) is 1. The number of hydrogen-bond donors (Lipinski definition) is 2. The highest BCUT2D eigenvalue weighted by molar-refractivity contribution is 6.14. The van der Waals surface area contributed by atoms with Gasteiger partial charge in [-0.25, -0.2) is 0 Å². The molecule has 0 atom stereocenters. The Hall–Kier alpha value is -3.68. The summed E-state index contributed by atoms with van der Waals surface area (Å²) in [5.41, 5.74) is 6.31. The van der Waals surface area contributed by atoms with Crippen molar-refractivity contribution in [2.45, 2.75) is 0 Å². The lowest BCUT2D eigenvalue weighted by Crippen LogP contribution is -2.17. The number of rotatable bonds is 4. The van der Waals surface area contributed by atoms with Crippen molar-refractivity contribution >= 4 is 28.5 Å². The fourth-order valence-corrected chi connectivity index (χ4v) is 2.72. The van der Waals surface area contributed by atoms with Gasteiger partial charge < -0.3 is 29.7 Å². The van der Waals surface area contributed by atoms with Gasteiger partial charge in [0.05, 0.1) is 7.11 Å². The molecule has 3 N–H and O–H groups in total. The summed E-state index contributed by atoms with van der Waals surface area (Å²) in [5.74, 6) is 0.235. The average molecular weight is 354 g/mol. The Balaban J connectivity index is 1.72. The molecule has 1 aliphatic rings. The van der Waals surface area contributed by atoms with Crippen molar-refractivity contribution in [2.24, 2.45) is 5.73 Å². The normalized spacial score (nSPS) is 12.2. The Morgan fingerprint density at radius 3 is 2.69 bits per heavy atom. The highest BCUT2D eigenvalue weighted by Crippen LogP contribution is 2.35. The minimum atomic E-state index is -0.791. The molecule has 1 aliphatic heterocycles. The SMILES string of the molecule is COc1ccc2c(NC(=O)c3ccc4c(c3)OCO4)c(C(N)=O)oc2c1. The van der Waals surface area contributed by atoms with E-state index in [9.17, 15) is 9.59 Å². The summed E-state index contributed by atoms with van der Waals surface area (Å²) in [6.45, 7) is 0.112. The van der Waals surface area contributed by atoms with Crippen molar-refractivity contribution in [2.75, 3.05) is 19.2 Å². The van der Waals surface area contributed by atoms with Gasteiger partial charge in [0.2, 0.25) is 12.6 Å². The highest BCUT2D eigenvalue weighted by Gasteiger charge is 2.22. The topological polar surface area (TPSA) is 113 Å². The maximum absolute atomic E-state index is 12.6. The molecule has 0 saturated carbocycles. The summed E-state index contributed by atoms with van der Waals surface area (Å²) >= 11 is 0. The summed E-state index contributed by atoms with van der Waals surface area (Å²) in [7, 11) is 1.52. The molecular formula is C18H14N2O6. The third-order valence-corrected chi connectivity index (χ3v) is 3.99. The van der Waals surface area contributed by atoms with Gasteiger partial charge in [-0.05, 0) is 30.3 Å². The molecule has 0 aliphatic carbocycles. The van der Waals surface area contributed by atoms with Gasteiger partial charge in [-0.15, -0.1) is 0 Å². The van der Waals surface area contributed by atoms with Crippen LogP contribution in [-0.4, -0.2) is 25.7 Å². The minimum Gasteiger partial charge on any atom is -0.497 e. The van der Waals surface area contributed by atoms with Gasteiger partial charge in [-0.3, -0.25) is 9.59 Å². The van der Waals surface area contributed by atoms with Crippen molar-refractivity contribution in [3.63, 3.8) is 0 Å². The Labute approximate surface area is 147 Å². The number of amides is 2. The number of fused-ring (bicyclic) bond motifs is 2. The van der Waals surface area contributed by atoms with E-state index in [2.05, 4.69) is 5.32 Å². The van der Waals surface area contributed by atoms with E-state index in [-0.39, 0.29) is 18.2 Å². The predicted octanol–water partition coefficient (Wildman–Crippen LogP) is 2.52. The second kappa shape index (κ2) is 5.99. The number of hydrogen-bond acceptors (Lipinski definition) is 6. The van der Waals surface area contributed by atoms with Gasteiger partial charge in [-0.2, -0.15) is 0 Å². The first-order valence-electron chi connectivity index (χ1n) is 7.68. The lowest BCUT2D eigenvalue weighted by Gasteiger charge is -2.06. The summed E-state index contributed by atoms with van der Waals surface area (Å²) in [4.78, 5) is 24.4. The van der Waals surface area contributed by atoms with E-state index in [1.807, 2.05) is 0 Å². The lowest BCUT2D eigenvalue weighted by molar-refractivity contribution is 0.0977. The zero-order valence-electron chi connectivity index (χ0n) is 13.7. The van der Waals surface area contributed by atoms with Crippen LogP contribution >= 0.6 is 0 Å². The molecule has 2 aromatic carbocycles. The first-order chi connectivity index (χ1) is 12.6. The molecule has 26 heavy (non-hydrogen) atoms. The molecule has 2 amide bonds. The number of carbonyl (C=O) groups excluding carboxylic acids is 2. The van der Waals surface area contributed by atoms with Crippen molar-refractivity contribution in [3.05, 3.63) is 47.7 Å². The minimum absolute atomic E-state index is 0.112. The largest absolute Gasteiger partial charge is 0.497 e. The van der Waals surface area contributed by atoms with Gasteiger partial charge in [0.15, 0.2) is 11.5 Å². The molecule has 0 radical (unpaired) electrons. The zero-order chi connectivity index (χ0) is 18.3. The van der Waals surface area contributed by atoms with Crippen LogP contribution in [0.4, 0.5) is 5.69 Å². The van der Waals surface area contributed by atoms with Gasteiger partial charge in [-0.1, -0.05) is 0 Å². The second-order valence-electron chi connectivity index (χ2n) is 5.55. The quantitative estimate of drug-likeness (QED) is 0.744. The molecule has 8 heteroatoms. The Morgan fingerprint density at radius 1 is 1.12 bits per heavy atom. The molecule has 0 unspecified atom stereocenters. The molecule has 1 aromatic heterocycles. The number of methoxy groups -OCH3 is 1. The van der Waals surface area contributed by atoms with Crippen LogP contribution in [0.15, 0.2) is 40.8 Å². The van der Waals surface area contributed by atoms with Crippen LogP contribution in [0.5, 0.6) is 17.2 Å². The van der Waals surface area contributed by atoms with E-state index in [4.69, 9.17) is 24.4 Å². The maximum atomic E-state index is 12.6. The Bertz CT molecular complexity index is 1040. The van der Waals surface area contributed by atoms with Crippen LogP contribution in [0.3, 0.4) is 0 Å². The molecule has 132 valence electrons. The Kier molecular flexibility index (Phi) is 3.65. The standard InChI is InChI=1S/C18H14N2O6/c1-23-10-3-4-11-13(7-10)26-16(17(19)21)15(11)20-18(22)9-2-5-12-14(6-9)25-8-24-12/h2-7H,8H2,1H3,(H2,19,21)(H,20,22). The van der Waals surface area contributed by atoms with E-state index in [0.29, 0.717) is 33.8 Å². The summed E-state index contributed by atoms with van der Waals surface area (Å²) in [6, 6.07) is 9.78. The number of ether oxygens (including phenoxy) is 3. The summed E-state index contributed by atoms with van der Waals surface area (Å²) in [5, 5.41) is 3.22. The van der Waals surface area contributed by atoms with Gasteiger partial charge >= 0.3 is 0 Å². The first kappa shape index (κ1) is 15.8. The van der Waals surface area contributed by atoms with Gasteiger partial charge in [0.1, 0.15) is 17.0 Å². The number of benzene rings is 2. The first-order valence-corrected chi connectivity index (χ1v) is 7.68. The molecule has 2 heterocycles. The smallest absolute Gasteiger partial charge is 0.286 e. The van der Waals surface area contributed by atoms with Crippen LogP contribution in [0.2, 0.25) is 0 Å². The van der Waals surface area contributed by atoms with E-state index in [1.165, 1.54) is 7.11 Å². The molecule has 0 saturated heterocycles. The number of furan rings is 1. The fraction of sp³-hybridized carbons (Fsp3) is 0.111. The average Bonchev–Trinajstić information content (AvgIpc) is 3.25. The molecule has 3 aromatic rings. The van der Waals surface area contributed by atoms with E-state index in [0.717, 1.165) is 0 Å². The molecule has 0 spiro atoms. The second-order valence-corrected chi connectivity index (χ2v) is 5.55. The van der Waals surface area contributed by atoms with Crippen LogP contribution in [0.25, 0.3) is 11.0 Å². The van der Waals surface area contributed by atoms with Crippen molar-refractivity contribution < 1.29 is 28.2 Å². The van der Waals surface area contributed by atoms with Crippen molar-refractivity contribution in [3.8, 4) is 17.2 Å². The third kappa shape index (κ3) is 2.57. The number of nitrogens with one attached hydrogen (secondary N) is 1. The maximum Gasteiger partial charge on any atom is 0.286 e. The summed E-state index contributed by atoms with van der Waals surface area (Å²) in [6.07, 6.45) is 0. The molecular weight excluding hydrogens is 340 g/mol. The van der Waals surface area contributed by atoms with Gasteiger partial charge in [0, 0.05) is 17.0 Å². The van der Waals surface area contributed by atoms with Gasteiger partial charge in [0.25, 0.3) is 11.8 Å². The van der Waals surface area contributed by atoms with E-state index >= 15 is 0 Å². The molecule has 4 rings (SSSR count). The van der Waals surface area contributed by atoms with Crippen LogP contribution in [0, 0.1) is 0 Å². The van der Waals surface area contributed by atoms with E-state index < -0.39 is 11.8 Å². The fourth-order valence-electron chi connectivity index (χ4n) is 2.72. The molecule has 8 nitrogen and oxygen atoms in total. The molecule has 0 bridgehead atoms. The number of anilines is 1. The molecule has 0 fully saturated rings. The van der Waals surface area contributed by atoms with Crippen LogP contribution in [-0.2, 0) is 0 Å².